The van der Waals surface area contributed by atoms with Gasteiger partial charge in [0, 0.05) is 34.2 Å². The van der Waals surface area contributed by atoms with Crippen LogP contribution in [0.15, 0.2) is 60.9 Å². The molecule has 4 aromatic rings. The molecule has 0 fully saturated rings. The molecule has 31 heavy (non-hydrogen) atoms. The SMILES string of the molecule is COC(=O)c1cc(Cl)c(-n2nc(-c3ccncc3)c(-c3ccc(Cl)cc3)c2C)c(Cl)c1. The third-order valence-electron chi connectivity index (χ3n) is 4.85. The van der Waals surface area contributed by atoms with Gasteiger partial charge in [-0.25, -0.2) is 9.48 Å². The summed E-state index contributed by atoms with van der Waals surface area (Å²) < 4.78 is 6.45. The first-order valence-corrected chi connectivity index (χ1v) is 10.4. The van der Waals surface area contributed by atoms with Crippen LogP contribution < -0.4 is 0 Å². The van der Waals surface area contributed by atoms with E-state index in [2.05, 4.69) is 4.98 Å². The van der Waals surface area contributed by atoms with Gasteiger partial charge < -0.3 is 4.74 Å². The second kappa shape index (κ2) is 8.71. The Morgan fingerprint density at radius 1 is 0.935 bits per heavy atom. The molecule has 0 aliphatic carbocycles. The Balaban J connectivity index is 1.97. The number of esters is 1. The van der Waals surface area contributed by atoms with Gasteiger partial charge in [-0.2, -0.15) is 5.10 Å². The van der Waals surface area contributed by atoms with Gasteiger partial charge in [0.1, 0.15) is 11.4 Å². The number of hydrogen-bond donors (Lipinski definition) is 0. The first kappa shape index (κ1) is 21.4. The van der Waals surface area contributed by atoms with Crippen molar-refractivity contribution in [1.29, 1.82) is 0 Å². The van der Waals surface area contributed by atoms with Crippen molar-refractivity contribution in [2.45, 2.75) is 6.92 Å². The van der Waals surface area contributed by atoms with Crippen LogP contribution in [0.2, 0.25) is 15.1 Å². The van der Waals surface area contributed by atoms with Crippen LogP contribution in [0.3, 0.4) is 0 Å². The van der Waals surface area contributed by atoms with Crippen molar-refractivity contribution in [3.05, 3.63) is 87.2 Å². The Labute approximate surface area is 194 Å². The average Bonchev–Trinajstić information content (AvgIpc) is 3.10. The highest BCUT2D eigenvalue weighted by Crippen LogP contribution is 2.39. The number of halogens is 3. The maximum absolute atomic E-state index is 11.9. The molecule has 4 rings (SSSR count). The zero-order valence-corrected chi connectivity index (χ0v) is 18.8. The molecule has 0 N–H and O–H groups in total. The number of carbonyl (C=O) groups is 1. The normalized spacial score (nSPS) is 10.9. The fourth-order valence-electron chi connectivity index (χ4n) is 3.40. The summed E-state index contributed by atoms with van der Waals surface area (Å²) in [7, 11) is 1.30. The molecule has 0 saturated heterocycles. The van der Waals surface area contributed by atoms with Gasteiger partial charge in [-0.3, -0.25) is 4.98 Å². The minimum atomic E-state index is -0.521. The number of aromatic nitrogens is 3. The molecule has 156 valence electrons. The zero-order valence-electron chi connectivity index (χ0n) is 16.6. The Morgan fingerprint density at radius 2 is 1.55 bits per heavy atom. The Kier molecular flexibility index (Phi) is 6.01. The zero-order chi connectivity index (χ0) is 22.1. The lowest BCUT2D eigenvalue weighted by Crippen LogP contribution is -2.05. The second-order valence-corrected chi connectivity index (χ2v) is 7.99. The van der Waals surface area contributed by atoms with Crippen LogP contribution in [-0.4, -0.2) is 27.8 Å². The predicted molar refractivity (Wildman–Crippen MR) is 123 cm³/mol. The van der Waals surface area contributed by atoms with Gasteiger partial charge in [-0.1, -0.05) is 46.9 Å². The summed E-state index contributed by atoms with van der Waals surface area (Å²) in [6.45, 7) is 1.93. The first-order chi connectivity index (χ1) is 14.9. The highest BCUT2D eigenvalue weighted by molar-refractivity contribution is 6.38. The minimum Gasteiger partial charge on any atom is -0.465 e. The van der Waals surface area contributed by atoms with Gasteiger partial charge in [0.05, 0.1) is 22.7 Å². The van der Waals surface area contributed by atoms with Crippen LogP contribution in [0.4, 0.5) is 0 Å². The van der Waals surface area contributed by atoms with E-state index in [9.17, 15) is 4.79 Å². The number of ether oxygens (including phenoxy) is 1. The number of rotatable bonds is 4. The Bertz CT molecular complexity index is 1250. The van der Waals surface area contributed by atoms with Crippen LogP contribution in [0, 0.1) is 6.92 Å². The highest BCUT2D eigenvalue weighted by atomic mass is 35.5. The van der Waals surface area contributed by atoms with Crippen molar-refractivity contribution in [1.82, 2.24) is 14.8 Å². The summed E-state index contributed by atoms with van der Waals surface area (Å²) in [4.78, 5) is 16.0. The summed E-state index contributed by atoms with van der Waals surface area (Å²) in [6, 6.07) is 14.3. The van der Waals surface area contributed by atoms with Crippen LogP contribution in [0.1, 0.15) is 16.1 Å². The van der Waals surface area contributed by atoms with Crippen molar-refractivity contribution in [3.8, 4) is 28.1 Å². The summed E-state index contributed by atoms with van der Waals surface area (Å²) in [5.74, 6) is -0.521. The molecule has 2 heterocycles. The molecular weight excluding hydrogens is 457 g/mol. The van der Waals surface area contributed by atoms with E-state index in [4.69, 9.17) is 44.6 Å². The molecule has 0 radical (unpaired) electrons. The van der Waals surface area contributed by atoms with Gasteiger partial charge >= 0.3 is 5.97 Å². The Morgan fingerprint density at radius 3 is 2.13 bits per heavy atom. The monoisotopic (exact) mass is 471 g/mol. The third kappa shape index (κ3) is 4.04. The standard InChI is InChI=1S/C23H16Cl3N3O2/c1-13-20(14-3-5-17(24)6-4-14)21(15-7-9-27-10-8-15)28-29(13)22-18(25)11-16(12-19(22)26)23(30)31-2/h3-12H,1-2H3. The molecule has 8 heteroatoms. The van der Waals surface area contributed by atoms with E-state index < -0.39 is 5.97 Å². The highest BCUT2D eigenvalue weighted by Gasteiger charge is 2.23. The smallest absolute Gasteiger partial charge is 0.337 e. The number of nitrogens with zero attached hydrogens (tertiary/aromatic N) is 3. The fourth-order valence-corrected chi connectivity index (χ4v) is 4.17. The maximum atomic E-state index is 11.9. The quantitative estimate of drug-likeness (QED) is 0.312. The van der Waals surface area contributed by atoms with Gasteiger partial charge in [0.25, 0.3) is 0 Å². The molecule has 5 nitrogen and oxygen atoms in total. The molecular formula is C23H16Cl3N3O2. The van der Waals surface area contributed by atoms with Crippen molar-refractivity contribution in [2.24, 2.45) is 0 Å². The lowest BCUT2D eigenvalue weighted by Gasteiger charge is -2.11. The average molecular weight is 473 g/mol. The van der Waals surface area contributed by atoms with Crippen LogP contribution in [0.25, 0.3) is 28.1 Å². The van der Waals surface area contributed by atoms with Crippen LogP contribution in [0.5, 0.6) is 0 Å². The molecule has 0 bridgehead atoms. The molecule has 0 unspecified atom stereocenters. The molecule has 0 saturated carbocycles. The number of hydrogen-bond acceptors (Lipinski definition) is 4. The molecule has 2 aromatic heterocycles. The van der Waals surface area contributed by atoms with E-state index >= 15 is 0 Å². The van der Waals surface area contributed by atoms with Crippen molar-refractivity contribution in [2.75, 3.05) is 7.11 Å². The lowest BCUT2D eigenvalue weighted by atomic mass is 10.00. The van der Waals surface area contributed by atoms with Gasteiger partial charge in [-0.05, 0) is 48.9 Å². The van der Waals surface area contributed by atoms with E-state index in [0.29, 0.717) is 10.7 Å². The van der Waals surface area contributed by atoms with Gasteiger partial charge in [0.15, 0.2) is 0 Å². The molecule has 0 aliphatic rings. The van der Waals surface area contributed by atoms with E-state index in [0.717, 1.165) is 28.1 Å². The number of pyridine rings is 1. The molecule has 0 atom stereocenters. The van der Waals surface area contributed by atoms with E-state index in [1.54, 1.807) is 17.1 Å². The topological polar surface area (TPSA) is 57.0 Å². The second-order valence-electron chi connectivity index (χ2n) is 6.74. The molecule has 2 aromatic carbocycles. The largest absolute Gasteiger partial charge is 0.465 e. The van der Waals surface area contributed by atoms with Crippen molar-refractivity contribution in [3.63, 3.8) is 0 Å². The fraction of sp³-hybridized carbons (Fsp3) is 0.0870. The summed E-state index contributed by atoms with van der Waals surface area (Å²) in [5.41, 5.74) is 5.04. The van der Waals surface area contributed by atoms with Crippen LogP contribution in [-0.2, 0) is 4.74 Å². The van der Waals surface area contributed by atoms with E-state index in [1.807, 2.05) is 43.3 Å². The Hall–Kier alpha value is -2.86. The number of benzene rings is 2. The van der Waals surface area contributed by atoms with Crippen molar-refractivity contribution >= 4 is 40.8 Å². The maximum Gasteiger partial charge on any atom is 0.337 e. The van der Waals surface area contributed by atoms with E-state index in [1.165, 1.54) is 19.2 Å². The number of methoxy groups -OCH3 is 1. The minimum absolute atomic E-state index is 0.262. The van der Waals surface area contributed by atoms with Gasteiger partial charge in [-0.15, -0.1) is 0 Å². The number of carbonyl (C=O) groups excluding carboxylic acids is 1. The molecule has 0 aliphatic heterocycles. The van der Waals surface area contributed by atoms with Crippen LogP contribution >= 0.6 is 34.8 Å². The molecule has 0 amide bonds. The predicted octanol–water partition coefficient (Wildman–Crippen LogP) is 6.66. The lowest BCUT2D eigenvalue weighted by molar-refractivity contribution is 0.0600. The molecule has 0 spiro atoms. The van der Waals surface area contributed by atoms with E-state index in [-0.39, 0.29) is 15.6 Å². The van der Waals surface area contributed by atoms with Crippen molar-refractivity contribution < 1.29 is 9.53 Å². The summed E-state index contributed by atoms with van der Waals surface area (Å²) >= 11 is 19.2. The summed E-state index contributed by atoms with van der Waals surface area (Å²) in [5, 5.41) is 6.04. The first-order valence-electron chi connectivity index (χ1n) is 9.24. The van der Waals surface area contributed by atoms with Gasteiger partial charge in [0.2, 0.25) is 0 Å². The summed E-state index contributed by atoms with van der Waals surface area (Å²) in [6.07, 6.45) is 3.42. The third-order valence-corrected chi connectivity index (χ3v) is 5.68.